The zero-order chi connectivity index (χ0) is 27.4. The Hall–Kier alpha value is -1.03. The molecular formula is C26H50NO9P. The van der Waals surface area contributed by atoms with Crippen LogP contribution in [0, 0.1) is 0 Å². The second-order valence-corrected chi connectivity index (χ2v) is 11.5. The maximum absolute atomic E-state index is 12.0. The average molecular weight is 552 g/mol. The number of ether oxygens (including phenoxy) is 1. The zero-order valence-electron chi connectivity index (χ0n) is 22.6. The van der Waals surface area contributed by atoms with Crippen molar-refractivity contribution in [2.24, 2.45) is 0 Å². The van der Waals surface area contributed by atoms with Crippen LogP contribution in [0.3, 0.4) is 0 Å². The lowest BCUT2D eigenvalue weighted by molar-refractivity contribution is -0.147. The molecule has 0 aliphatic carbocycles. The highest BCUT2D eigenvalue weighted by molar-refractivity contribution is 7.47. The van der Waals surface area contributed by atoms with Gasteiger partial charge in [-0.25, -0.2) is 4.57 Å². The number of phosphoric acid groups is 1. The number of carbonyl (C=O) groups is 2. The third-order valence-corrected chi connectivity index (χ3v) is 7.56. The van der Waals surface area contributed by atoms with Crippen molar-refractivity contribution in [3.05, 3.63) is 0 Å². The molecule has 4 atom stereocenters. The van der Waals surface area contributed by atoms with Crippen LogP contribution in [0.25, 0.3) is 0 Å². The van der Waals surface area contributed by atoms with E-state index in [9.17, 15) is 24.2 Å². The minimum Gasteiger partial charge on any atom is -0.480 e. The third kappa shape index (κ3) is 18.8. The van der Waals surface area contributed by atoms with Gasteiger partial charge in [-0.05, 0) is 6.42 Å². The molecule has 0 bridgehead atoms. The number of rotatable bonds is 24. The first-order chi connectivity index (χ1) is 17.7. The van der Waals surface area contributed by atoms with Crippen molar-refractivity contribution in [1.82, 2.24) is 5.32 Å². The fourth-order valence-electron chi connectivity index (χ4n) is 4.32. The number of unbranched alkanes of at least 4 members (excludes halogenated alkanes) is 14. The number of aliphatic carboxylic acids is 1. The molecule has 11 heteroatoms. The largest absolute Gasteiger partial charge is 0.480 e. The molecule has 1 heterocycles. The Balaban J connectivity index is 1.93. The molecule has 1 aliphatic heterocycles. The fraction of sp³-hybridized carbons (Fsp3) is 0.923. The van der Waals surface area contributed by atoms with Gasteiger partial charge in [0.05, 0.1) is 12.7 Å². The number of hydrogen-bond acceptors (Lipinski definition) is 8. The van der Waals surface area contributed by atoms with E-state index in [1.54, 1.807) is 0 Å². The summed E-state index contributed by atoms with van der Waals surface area (Å²) in [5.74, 6) is -1.49. The monoisotopic (exact) mass is 551 g/mol. The standard InChI is InChI=1S/C26H50NO9P/c1-2-3-4-5-6-7-8-9-10-11-12-13-14-15-16-17-25(29)34-20-22(28)21-35-37(32,33)36-23-18-24(26(30)31)27-19-23/h22-24,27-28H,2-21H2,1H3,(H,30,31)(H,32,33)/t22-,23+,24-/m1/s1. The van der Waals surface area contributed by atoms with Crippen LogP contribution in [0.5, 0.6) is 0 Å². The minimum absolute atomic E-state index is 0.0305. The van der Waals surface area contributed by atoms with Gasteiger partial charge in [0.1, 0.15) is 18.8 Å². The minimum atomic E-state index is -4.48. The van der Waals surface area contributed by atoms with Crippen LogP contribution in [0.4, 0.5) is 0 Å². The highest BCUT2D eigenvalue weighted by Crippen LogP contribution is 2.45. The van der Waals surface area contributed by atoms with Crippen LogP contribution in [0.2, 0.25) is 0 Å². The molecule has 0 aromatic heterocycles. The molecule has 1 saturated heterocycles. The predicted molar refractivity (Wildman–Crippen MR) is 141 cm³/mol. The number of carboxylic acids is 1. The van der Waals surface area contributed by atoms with E-state index in [-0.39, 0.29) is 26.0 Å². The van der Waals surface area contributed by atoms with Gasteiger partial charge < -0.3 is 25.2 Å². The summed E-state index contributed by atoms with van der Waals surface area (Å²) in [6.07, 6.45) is 16.9. The number of hydrogen-bond donors (Lipinski definition) is 4. The molecule has 10 nitrogen and oxygen atoms in total. The van der Waals surface area contributed by atoms with E-state index in [0.29, 0.717) is 0 Å². The van der Waals surface area contributed by atoms with Gasteiger partial charge in [-0.3, -0.25) is 18.6 Å². The topological polar surface area (TPSA) is 152 Å². The Morgan fingerprint density at radius 1 is 0.892 bits per heavy atom. The third-order valence-electron chi connectivity index (χ3n) is 6.52. The fourth-order valence-corrected chi connectivity index (χ4v) is 5.28. The molecule has 0 saturated carbocycles. The highest BCUT2D eigenvalue weighted by Gasteiger charge is 2.35. The van der Waals surface area contributed by atoms with Gasteiger partial charge in [0, 0.05) is 19.4 Å². The van der Waals surface area contributed by atoms with Crippen LogP contribution >= 0.6 is 7.82 Å². The smallest absolute Gasteiger partial charge is 0.472 e. The van der Waals surface area contributed by atoms with Gasteiger partial charge in [-0.1, -0.05) is 96.8 Å². The van der Waals surface area contributed by atoms with E-state index in [1.807, 2.05) is 0 Å². The van der Waals surface area contributed by atoms with Gasteiger partial charge in [-0.2, -0.15) is 0 Å². The van der Waals surface area contributed by atoms with Crippen LogP contribution in [0.1, 0.15) is 116 Å². The predicted octanol–water partition coefficient (Wildman–Crippen LogP) is 5.10. The van der Waals surface area contributed by atoms with Crippen molar-refractivity contribution in [2.75, 3.05) is 19.8 Å². The molecule has 0 amide bonds. The van der Waals surface area contributed by atoms with Crippen LogP contribution in [0.15, 0.2) is 0 Å². The Kier molecular flexibility index (Phi) is 19.2. The summed E-state index contributed by atoms with van der Waals surface area (Å²) >= 11 is 0. The molecule has 4 N–H and O–H groups in total. The second kappa shape index (κ2) is 20.9. The summed E-state index contributed by atoms with van der Waals surface area (Å²) in [5, 5.41) is 21.4. The number of phosphoric ester groups is 1. The Morgan fingerprint density at radius 3 is 1.89 bits per heavy atom. The number of carboxylic acid groups (broad SMARTS) is 1. The lowest BCUT2D eigenvalue weighted by atomic mass is 10.0. The van der Waals surface area contributed by atoms with Crippen LogP contribution in [-0.2, 0) is 27.9 Å². The summed E-state index contributed by atoms with van der Waals surface area (Å²) in [6.45, 7) is 1.45. The summed E-state index contributed by atoms with van der Waals surface area (Å²) in [4.78, 5) is 32.5. The van der Waals surface area contributed by atoms with Crippen molar-refractivity contribution >= 4 is 19.8 Å². The first kappa shape index (κ1) is 34.0. The Labute approximate surface area is 222 Å². The average Bonchev–Trinajstić information content (AvgIpc) is 3.32. The molecule has 0 spiro atoms. The van der Waals surface area contributed by atoms with Crippen molar-refractivity contribution in [3.63, 3.8) is 0 Å². The molecule has 1 aliphatic rings. The Morgan fingerprint density at radius 2 is 1.41 bits per heavy atom. The van der Waals surface area contributed by atoms with E-state index in [2.05, 4.69) is 12.2 Å². The van der Waals surface area contributed by atoms with E-state index >= 15 is 0 Å². The zero-order valence-corrected chi connectivity index (χ0v) is 23.5. The summed E-state index contributed by atoms with van der Waals surface area (Å²) in [6, 6.07) is -0.848. The second-order valence-electron chi connectivity index (χ2n) is 10.1. The van der Waals surface area contributed by atoms with Crippen molar-refractivity contribution in [2.45, 2.75) is 134 Å². The lowest BCUT2D eigenvalue weighted by Crippen LogP contribution is -2.29. The molecule has 218 valence electrons. The normalized spacial score (nSPS) is 20.0. The maximum atomic E-state index is 12.0. The van der Waals surface area contributed by atoms with Crippen molar-refractivity contribution in [1.29, 1.82) is 0 Å². The summed E-state index contributed by atoms with van der Waals surface area (Å²) < 4.78 is 26.7. The maximum Gasteiger partial charge on any atom is 0.472 e. The lowest BCUT2D eigenvalue weighted by Gasteiger charge is -2.18. The van der Waals surface area contributed by atoms with Gasteiger partial charge in [0.25, 0.3) is 0 Å². The molecule has 1 rings (SSSR count). The van der Waals surface area contributed by atoms with Crippen LogP contribution in [-0.4, -0.2) is 65.1 Å². The molecule has 0 aromatic carbocycles. The molecule has 37 heavy (non-hydrogen) atoms. The van der Waals surface area contributed by atoms with Crippen LogP contribution < -0.4 is 5.32 Å². The van der Waals surface area contributed by atoms with Gasteiger partial charge in [0.2, 0.25) is 0 Å². The van der Waals surface area contributed by atoms with Gasteiger partial charge >= 0.3 is 19.8 Å². The number of carbonyl (C=O) groups excluding carboxylic acids is 1. The Bertz CT molecular complexity index is 664. The molecule has 0 aromatic rings. The summed E-state index contributed by atoms with van der Waals surface area (Å²) in [7, 11) is -4.48. The highest BCUT2D eigenvalue weighted by atomic mass is 31.2. The van der Waals surface area contributed by atoms with Gasteiger partial charge in [-0.15, -0.1) is 0 Å². The van der Waals surface area contributed by atoms with Gasteiger partial charge in [0.15, 0.2) is 0 Å². The van der Waals surface area contributed by atoms with E-state index in [0.717, 1.165) is 19.3 Å². The van der Waals surface area contributed by atoms with E-state index < -0.39 is 44.6 Å². The summed E-state index contributed by atoms with van der Waals surface area (Å²) in [5.41, 5.74) is 0. The van der Waals surface area contributed by atoms with E-state index in [4.69, 9.17) is 18.9 Å². The molecule has 1 unspecified atom stereocenters. The quantitative estimate of drug-likeness (QED) is 0.0724. The van der Waals surface area contributed by atoms with Crippen molar-refractivity contribution < 1.29 is 43.0 Å². The van der Waals surface area contributed by atoms with Crippen molar-refractivity contribution in [3.8, 4) is 0 Å². The SMILES string of the molecule is CCCCCCCCCCCCCCCCCC(=O)OC[C@@H](O)COP(=O)(O)O[C@@H]1CN[C@@H](C(=O)O)C1. The number of aliphatic hydroxyl groups excluding tert-OH is 1. The number of aliphatic hydroxyl groups is 1. The molecule has 1 fully saturated rings. The number of nitrogens with one attached hydrogen (secondary N) is 1. The molecule has 0 radical (unpaired) electrons. The number of esters is 1. The first-order valence-electron chi connectivity index (χ1n) is 14.2. The van der Waals surface area contributed by atoms with E-state index in [1.165, 1.54) is 77.0 Å². The molecular weight excluding hydrogens is 501 g/mol. The first-order valence-corrected chi connectivity index (χ1v) is 15.7.